The van der Waals surface area contributed by atoms with Crippen LogP contribution in [0.15, 0.2) is 18.2 Å². The normalized spacial score (nSPS) is 19.1. The zero-order valence-electron chi connectivity index (χ0n) is 9.84. The second-order valence-electron chi connectivity index (χ2n) is 4.98. The van der Waals surface area contributed by atoms with Crippen LogP contribution in [0.3, 0.4) is 0 Å². The second kappa shape index (κ2) is 4.70. The Morgan fingerprint density at radius 1 is 1.29 bits per heavy atom. The van der Waals surface area contributed by atoms with Gasteiger partial charge in [0.25, 0.3) is 0 Å². The van der Waals surface area contributed by atoms with E-state index in [1.165, 1.54) is 12.1 Å². The van der Waals surface area contributed by atoms with E-state index in [0.29, 0.717) is 18.0 Å². The van der Waals surface area contributed by atoms with Crippen LogP contribution in [0.2, 0.25) is 0 Å². The SMILES string of the molecule is CC(CO)(NCc1cc(F)cc(F)c1)C1CC1. The molecule has 2 rings (SSSR count). The van der Waals surface area contributed by atoms with Crippen LogP contribution in [0.4, 0.5) is 8.78 Å². The fraction of sp³-hybridized carbons (Fsp3) is 0.538. The van der Waals surface area contributed by atoms with Gasteiger partial charge in [0.2, 0.25) is 0 Å². The van der Waals surface area contributed by atoms with Crippen molar-refractivity contribution in [3.63, 3.8) is 0 Å². The largest absolute Gasteiger partial charge is 0.394 e. The van der Waals surface area contributed by atoms with Crippen molar-refractivity contribution in [1.82, 2.24) is 5.32 Å². The van der Waals surface area contributed by atoms with Crippen LogP contribution < -0.4 is 5.32 Å². The van der Waals surface area contributed by atoms with E-state index in [9.17, 15) is 13.9 Å². The molecule has 0 spiro atoms. The Balaban J connectivity index is 2.01. The molecule has 1 fully saturated rings. The molecule has 1 atom stereocenters. The molecule has 1 aliphatic rings. The first kappa shape index (κ1) is 12.5. The highest BCUT2D eigenvalue weighted by Gasteiger charge is 2.40. The van der Waals surface area contributed by atoms with E-state index in [1.54, 1.807) is 0 Å². The molecule has 1 unspecified atom stereocenters. The number of aliphatic hydroxyl groups excluding tert-OH is 1. The zero-order chi connectivity index (χ0) is 12.5. The summed E-state index contributed by atoms with van der Waals surface area (Å²) in [6.45, 7) is 2.35. The topological polar surface area (TPSA) is 32.3 Å². The number of aliphatic hydroxyl groups is 1. The van der Waals surface area contributed by atoms with Crippen LogP contribution in [-0.2, 0) is 6.54 Å². The number of nitrogens with one attached hydrogen (secondary N) is 1. The lowest BCUT2D eigenvalue weighted by Gasteiger charge is -2.29. The standard InChI is InChI=1S/C13H17F2NO/c1-13(8-17,10-2-3-10)16-7-9-4-11(14)6-12(15)5-9/h4-6,10,16-17H,2-3,7-8H2,1H3. The van der Waals surface area contributed by atoms with Crippen LogP contribution in [-0.4, -0.2) is 17.3 Å². The minimum Gasteiger partial charge on any atom is -0.394 e. The van der Waals surface area contributed by atoms with E-state index in [0.717, 1.165) is 18.9 Å². The minimum atomic E-state index is -0.570. The van der Waals surface area contributed by atoms with Gasteiger partial charge in [-0.1, -0.05) is 0 Å². The first-order chi connectivity index (χ1) is 8.03. The summed E-state index contributed by atoms with van der Waals surface area (Å²) in [5.41, 5.74) is 0.214. The van der Waals surface area contributed by atoms with Crippen LogP contribution in [0, 0.1) is 17.6 Å². The summed E-state index contributed by atoms with van der Waals surface area (Å²) < 4.78 is 26.0. The van der Waals surface area contributed by atoms with Crippen LogP contribution >= 0.6 is 0 Å². The lowest BCUT2D eigenvalue weighted by atomic mass is 9.96. The van der Waals surface area contributed by atoms with E-state index >= 15 is 0 Å². The molecule has 1 aliphatic carbocycles. The molecular weight excluding hydrogens is 224 g/mol. The molecule has 2 N–H and O–H groups in total. The molecule has 0 aliphatic heterocycles. The summed E-state index contributed by atoms with van der Waals surface area (Å²) in [5, 5.41) is 12.6. The summed E-state index contributed by atoms with van der Waals surface area (Å²) in [7, 11) is 0. The molecule has 17 heavy (non-hydrogen) atoms. The van der Waals surface area contributed by atoms with Gasteiger partial charge in [-0.2, -0.15) is 0 Å². The third-order valence-corrected chi connectivity index (χ3v) is 3.43. The minimum absolute atomic E-state index is 0.0372. The van der Waals surface area contributed by atoms with Crippen molar-refractivity contribution in [3.05, 3.63) is 35.4 Å². The summed E-state index contributed by atoms with van der Waals surface area (Å²) in [5.74, 6) is -0.677. The van der Waals surface area contributed by atoms with Crippen molar-refractivity contribution in [3.8, 4) is 0 Å². The Labute approximate surface area is 99.7 Å². The molecule has 0 bridgehead atoms. The maximum atomic E-state index is 13.0. The van der Waals surface area contributed by atoms with E-state index in [2.05, 4.69) is 5.32 Å². The van der Waals surface area contributed by atoms with Gasteiger partial charge in [0, 0.05) is 18.2 Å². The summed E-state index contributed by atoms with van der Waals surface area (Å²) in [6.07, 6.45) is 2.20. The molecule has 0 heterocycles. The number of halogens is 2. The number of rotatable bonds is 5. The van der Waals surface area contributed by atoms with Gasteiger partial charge in [0.05, 0.1) is 6.61 Å². The molecule has 94 valence electrons. The zero-order valence-corrected chi connectivity index (χ0v) is 9.84. The molecule has 1 aromatic rings. The van der Waals surface area contributed by atoms with Crippen LogP contribution in [0.25, 0.3) is 0 Å². The van der Waals surface area contributed by atoms with Gasteiger partial charge >= 0.3 is 0 Å². The molecule has 1 aromatic carbocycles. The predicted molar refractivity (Wildman–Crippen MR) is 61.4 cm³/mol. The van der Waals surface area contributed by atoms with Gasteiger partial charge < -0.3 is 10.4 Å². The summed E-state index contributed by atoms with van der Waals surface area (Å²) in [6, 6.07) is 3.47. The average Bonchev–Trinajstić information content (AvgIpc) is 3.08. The smallest absolute Gasteiger partial charge is 0.126 e. The Kier molecular flexibility index (Phi) is 3.45. The van der Waals surface area contributed by atoms with Gasteiger partial charge in [-0.3, -0.25) is 0 Å². The molecule has 0 amide bonds. The second-order valence-corrected chi connectivity index (χ2v) is 4.98. The lowest BCUT2D eigenvalue weighted by molar-refractivity contribution is 0.153. The molecule has 4 heteroatoms. The third kappa shape index (κ3) is 3.01. The van der Waals surface area contributed by atoms with Gasteiger partial charge in [-0.05, 0) is 43.4 Å². The van der Waals surface area contributed by atoms with Crippen LogP contribution in [0.1, 0.15) is 25.3 Å². The molecule has 2 nitrogen and oxygen atoms in total. The van der Waals surface area contributed by atoms with E-state index in [4.69, 9.17) is 0 Å². The Bertz CT molecular complexity index is 386. The van der Waals surface area contributed by atoms with Crippen molar-refractivity contribution in [2.75, 3.05) is 6.61 Å². The highest BCUT2D eigenvalue weighted by Crippen LogP contribution is 2.39. The van der Waals surface area contributed by atoms with Gasteiger partial charge in [0.15, 0.2) is 0 Å². The summed E-state index contributed by atoms with van der Waals surface area (Å²) >= 11 is 0. The van der Waals surface area contributed by atoms with Crippen LogP contribution in [0.5, 0.6) is 0 Å². The van der Waals surface area contributed by atoms with Crippen molar-refractivity contribution in [1.29, 1.82) is 0 Å². The highest BCUT2D eigenvalue weighted by atomic mass is 19.1. The Hall–Kier alpha value is -1.00. The van der Waals surface area contributed by atoms with Crippen molar-refractivity contribution >= 4 is 0 Å². The highest BCUT2D eigenvalue weighted by molar-refractivity contribution is 5.18. The number of hydrogen-bond donors (Lipinski definition) is 2. The van der Waals surface area contributed by atoms with E-state index < -0.39 is 11.6 Å². The molecule has 1 saturated carbocycles. The van der Waals surface area contributed by atoms with E-state index in [1.807, 2.05) is 6.92 Å². The molecular formula is C13H17F2NO. The predicted octanol–water partition coefficient (Wildman–Crippen LogP) is 2.22. The van der Waals surface area contributed by atoms with Gasteiger partial charge in [-0.15, -0.1) is 0 Å². The summed E-state index contributed by atoms with van der Waals surface area (Å²) in [4.78, 5) is 0. The van der Waals surface area contributed by atoms with Crippen molar-refractivity contribution < 1.29 is 13.9 Å². The molecule has 0 radical (unpaired) electrons. The lowest BCUT2D eigenvalue weighted by Crippen LogP contribution is -2.47. The fourth-order valence-electron chi connectivity index (χ4n) is 2.07. The van der Waals surface area contributed by atoms with Crippen molar-refractivity contribution in [2.45, 2.75) is 31.8 Å². The maximum absolute atomic E-state index is 13.0. The maximum Gasteiger partial charge on any atom is 0.126 e. The first-order valence-corrected chi connectivity index (χ1v) is 5.84. The third-order valence-electron chi connectivity index (χ3n) is 3.43. The first-order valence-electron chi connectivity index (χ1n) is 5.84. The van der Waals surface area contributed by atoms with Gasteiger partial charge in [-0.25, -0.2) is 8.78 Å². The Morgan fingerprint density at radius 3 is 2.35 bits per heavy atom. The molecule has 0 saturated heterocycles. The quantitative estimate of drug-likeness (QED) is 0.828. The number of benzene rings is 1. The van der Waals surface area contributed by atoms with Crippen molar-refractivity contribution in [2.24, 2.45) is 5.92 Å². The fourth-order valence-corrected chi connectivity index (χ4v) is 2.07. The van der Waals surface area contributed by atoms with E-state index in [-0.39, 0.29) is 12.1 Å². The number of hydrogen-bond acceptors (Lipinski definition) is 2. The average molecular weight is 241 g/mol. The van der Waals surface area contributed by atoms with Gasteiger partial charge in [0.1, 0.15) is 11.6 Å². The molecule has 0 aromatic heterocycles. The Morgan fingerprint density at radius 2 is 1.88 bits per heavy atom. The monoisotopic (exact) mass is 241 g/mol.